The van der Waals surface area contributed by atoms with Gasteiger partial charge in [0.15, 0.2) is 15.4 Å². The molecule has 0 aliphatic carbocycles. The fraction of sp³-hybridized carbons (Fsp3) is 0.333. The summed E-state index contributed by atoms with van der Waals surface area (Å²) in [5.74, 6) is 1.55. The molecule has 0 saturated heterocycles. The predicted molar refractivity (Wildman–Crippen MR) is 48.7 cm³/mol. The van der Waals surface area contributed by atoms with Crippen LogP contribution >= 0.6 is 22.6 Å². The van der Waals surface area contributed by atoms with Gasteiger partial charge in [-0.25, -0.2) is 9.97 Å². The Kier molecular flexibility index (Phi) is 1.80. The molecule has 1 aliphatic heterocycles. The molecule has 4 nitrogen and oxygen atoms in total. The third-order valence-electron chi connectivity index (χ3n) is 1.38. The number of fused-ring (bicyclic) bond motifs is 1. The van der Waals surface area contributed by atoms with Gasteiger partial charge in [-0.1, -0.05) is 0 Å². The van der Waals surface area contributed by atoms with E-state index in [9.17, 15) is 0 Å². The van der Waals surface area contributed by atoms with Crippen molar-refractivity contribution in [2.45, 2.75) is 0 Å². The first-order valence-corrected chi connectivity index (χ1v) is 4.33. The number of ether oxygens (including phenoxy) is 1. The lowest BCUT2D eigenvalue weighted by Gasteiger charge is -2.16. The van der Waals surface area contributed by atoms with Crippen molar-refractivity contribution in [3.8, 4) is 5.75 Å². The fourth-order valence-electron chi connectivity index (χ4n) is 0.912. The number of nitrogens with one attached hydrogen (secondary N) is 1. The number of anilines is 1. The Labute approximate surface area is 77.5 Å². The van der Waals surface area contributed by atoms with Gasteiger partial charge in [0, 0.05) is 22.6 Å². The number of aromatic nitrogens is 2. The standard InChI is InChI=1S/C6H6IN3O/c7-6-9-3-4-5(10-6)8-1-2-11-4/h3H,1-2H2,(H,8,9,10). The summed E-state index contributed by atoms with van der Waals surface area (Å²) in [6, 6.07) is 0. The number of halogens is 1. The van der Waals surface area contributed by atoms with E-state index in [1.54, 1.807) is 6.20 Å². The summed E-state index contributed by atoms with van der Waals surface area (Å²) >= 11 is 2.07. The molecule has 0 bridgehead atoms. The molecule has 0 spiro atoms. The van der Waals surface area contributed by atoms with Gasteiger partial charge in [-0.3, -0.25) is 0 Å². The topological polar surface area (TPSA) is 47.0 Å². The van der Waals surface area contributed by atoms with Gasteiger partial charge < -0.3 is 10.1 Å². The van der Waals surface area contributed by atoms with E-state index in [0.29, 0.717) is 6.61 Å². The van der Waals surface area contributed by atoms with E-state index in [4.69, 9.17) is 4.74 Å². The highest BCUT2D eigenvalue weighted by molar-refractivity contribution is 14.1. The molecule has 1 N–H and O–H groups in total. The molecule has 0 saturated carbocycles. The summed E-state index contributed by atoms with van der Waals surface area (Å²) in [5.41, 5.74) is 0. The number of hydrogen-bond donors (Lipinski definition) is 1. The van der Waals surface area contributed by atoms with E-state index in [-0.39, 0.29) is 0 Å². The van der Waals surface area contributed by atoms with E-state index in [1.807, 2.05) is 0 Å². The second kappa shape index (κ2) is 2.80. The maximum Gasteiger partial charge on any atom is 0.192 e. The first kappa shape index (κ1) is 7.08. The summed E-state index contributed by atoms with van der Waals surface area (Å²) < 4.78 is 6.02. The van der Waals surface area contributed by atoms with Crippen LogP contribution < -0.4 is 10.1 Å². The average molecular weight is 263 g/mol. The maximum absolute atomic E-state index is 5.29. The zero-order valence-electron chi connectivity index (χ0n) is 5.67. The molecule has 0 aromatic carbocycles. The third-order valence-corrected chi connectivity index (χ3v) is 1.90. The molecular formula is C6H6IN3O. The van der Waals surface area contributed by atoms with Crippen molar-refractivity contribution in [3.05, 3.63) is 10.0 Å². The summed E-state index contributed by atoms with van der Waals surface area (Å²) in [5, 5.41) is 3.12. The van der Waals surface area contributed by atoms with Gasteiger partial charge >= 0.3 is 0 Å². The Bertz CT molecular complexity index is 279. The van der Waals surface area contributed by atoms with Crippen LogP contribution in [0.1, 0.15) is 0 Å². The first-order valence-electron chi connectivity index (χ1n) is 3.25. The van der Waals surface area contributed by atoms with Crippen LogP contribution in [0, 0.1) is 3.83 Å². The van der Waals surface area contributed by atoms with Gasteiger partial charge in [-0.05, 0) is 0 Å². The molecule has 1 aromatic heterocycles. The van der Waals surface area contributed by atoms with Crippen molar-refractivity contribution in [3.63, 3.8) is 0 Å². The third kappa shape index (κ3) is 1.37. The second-order valence-corrected chi connectivity index (χ2v) is 3.09. The van der Waals surface area contributed by atoms with Crippen LogP contribution in [0.25, 0.3) is 0 Å². The SMILES string of the molecule is Ic1ncc2c(n1)NCCO2. The van der Waals surface area contributed by atoms with Gasteiger partial charge in [-0.2, -0.15) is 0 Å². The fourth-order valence-corrected chi connectivity index (χ4v) is 1.29. The van der Waals surface area contributed by atoms with Crippen LogP contribution in [0.2, 0.25) is 0 Å². The highest BCUT2D eigenvalue weighted by Gasteiger charge is 2.10. The lowest BCUT2D eigenvalue weighted by atomic mass is 10.4. The summed E-state index contributed by atoms with van der Waals surface area (Å²) in [4.78, 5) is 8.16. The highest BCUT2D eigenvalue weighted by atomic mass is 127. The minimum Gasteiger partial charge on any atom is -0.486 e. The zero-order valence-corrected chi connectivity index (χ0v) is 7.83. The molecule has 0 radical (unpaired) electrons. The Morgan fingerprint density at radius 3 is 3.45 bits per heavy atom. The predicted octanol–water partition coefficient (Wildman–Crippen LogP) is 0.885. The molecule has 2 rings (SSSR count). The lowest BCUT2D eigenvalue weighted by Crippen LogP contribution is -2.19. The molecule has 0 amide bonds. The molecule has 1 aromatic rings. The summed E-state index contributed by atoms with van der Waals surface area (Å²) in [6.07, 6.45) is 1.69. The molecule has 11 heavy (non-hydrogen) atoms. The minimum absolute atomic E-state index is 0.691. The van der Waals surface area contributed by atoms with Crippen LogP contribution in [0.5, 0.6) is 5.75 Å². The second-order valence-electron chi connectivity index (χ2n) is 2.13. The van der Waals surface area contributed by atoms with Crippen LogP contribution in [0.3, 0.4) is 0 Å². The average Bonchev–Trinajstić information content (AvgIpc) is 2.04. The van der Waals surface area contributed by atoms with Crippen LogP contribution in [0.15, 0.2) is 6.20 Å². The Hall–Kier alpha value is -0.590. The van der Waals surface area contributed by atoms with Crippen molar-refractivity contribution >= 4 is 28.4 Å². The Morgan fingerprint density at radius 1 is 1.64 bits per heavy atom. The molecule has 0 unspecified atom stereocenters. The molecule has 5 heteroatoms. The van der Waals surface area contributed by atoms with E-state index in [0.717, 1.165) is 21.9 Å². The highest BCUT2D eigenvalue weighted by Crippen LogP contribution is 2.23. The molecule has 2 heterocycles. The van der Waals surface area contributed by atoms with Crippen molar-refractivity contribution in [1.82, 2.24) is 9.97 Å². The van der Waals surface area contributed by atoms with E-state index < -0.39 is 0 Å². The Balaban J connectivity index is 2.43. The Morgan fingerprint density at radius 2 is 2.55 bits per heavy atom. The minimum atomic E-state index is 0.691. The van der Waals surface area contributed by atoms with Gasteiger partial charge in [0.05, 0.1) is 12.7 Å². The quantitative estimate of drug-likeness (QED) is 0.557. The maximum atomic E-state index is 5.29. The summed E-state index contributed by atoms with van der Waals surface area (Å²) in [6.45, 7) is 1.51. The zero-order chi connectivity index (χ0) is 7.68. The van der Waals surface area contributed by atoms with E-state index in [2.05, 4.69) is 37.9 Å². The van der Waals surface area contributed by atoms with Gasteiger partial charge in [0.1, 0.15) is 6.61 Å². The van der Waals surface area contributed by atoms with Crippen molar-refractivity contribution in [1.29, 1.82) is 0 Å². The van der Waals surface area contributed by atoms with Gasteiger partial charge in [-0.15, -0.1) is 0 Å². The van der Waals surface area contributed by atoms with E-state index in [1.165, 1.54) is 0 Å². The van der Waals surface area contributed by atoms with E-state index >= 15 is 0 Å². The summed E-state index contributed by atoms with van der Waals surface area (Å²) in [7, 11) is 0. The molecule has 58 valence electrons. The largest absolute Gasteiger partial charge is 0.486 e. The van der Waals surface area contributed by atoms with Gasteiger partial charge in [0.25, 0.3) is 0 Å². The van der Waals surface area contributed by atoms with Crippen molar-refractivity contribution < 1.29 is 4.74 Å². The van der Waals surface area contributed by atoms with Crippen LogP contribution in [0.4, 0.5) is 5.82 Å². The molecule has 0 atom stereocenters. The number of nitrogens with zero attached hydrogens (tertiary/aromatic N) is 2. The van der Waals surface area contributed by atoms with Crippen molar-refractivity contribution in [2.24, 2.45) is 0 Å². The van der Waals surface area contributed by atoms with Crippen LogP contribution in [-0.4, -0.2) is 23.1 Å². The molecule has 0 fully saturated rings. The monoisotopic (exact) mass is 263 g/mol. The normalized spacial score (nSPS) is 14.6. The molecular weight excluding hydrogens is 257 g/mol. The van der Waals surface area contributed by atoms with Crippen LogP contribution in [-0.2, 0) is 0 Å². The molecule has 1 aliphatic rings. The number of hydrogen-bond acceptors (Lipinski definition) is 4. The number of rotatable bonds is 0. The first-order chi connectivity index (χ1) is 5.36. The van der Waals surface area contributed by atoms with Crippen molar-refractivity contribution in [2.75, 3.05) is 18.5 Å². The van der Waals surface area contributed by atoms with Gasteiger partial charge in [0.2, 0.25) is 0 Å². The lowest BCUT2D eigenvalue weighted by molar-refractivity contribution is 0.319. The smallest absolute Gasteiger partial charge is 0.192 e.